The van der Waals surface area contributed by atoms with Gasteiger partial charge in [0.15, 0.2) is 0 Å². The molecule has 1 unspecified atom stereocenters. The highest BCUT2D eigenvalue weighted by molar-refractivity contribution is 5.80. The molecule has 0 heterocycles. The van der Waals surface area contributed by atoms with E-state index in [9.17, 15) is 14.0 Å². The van der Waals surface area contributed by atoms with Crippen molar-refractivity contribution in [3.63, 3.8) is 0 Å². The summed E-state index contributed by atoms with van der Waals surface area (Å²) in [5, 5.41) is 8.52. The highest BCUT2D eigenvalue weighted by Crippen LogP contribution is 2.13. The van der Waals surface area contributed by atoms with Crippen LogP contribution in [-0.2, 0) is 9.59 Å². The normalized spacial score (nSPS) is 12.2. The Morgan fingerprint density at radius 1 is 1.22 bits per heavy atom. The van der Waals surface area contributed by atoms with Crippen molar-refractivity contribution in [2.24, 2.45) is 0 Å². The first-order valence-electron chi connectivity index (χ1n) is 6.57. The number of rotatable bonds is 10. The fourth-order valence-electron chi connectivity index (χ4n) is 1.69. The van der Waals surface area contributed by atoms with Crippen LogP contribution in [-0.4, -0.2) is 41.6 Å². The smallest absolute Gasteiger partial charge is 0.323 e. The number of likely N-dealkylation sites (N-methyl/N-ethyl adjacent to an activating group) is 1. The molecule has 0 fully saturated rings. The molecule has 0 aromatic heterocycles. The van der Waals surface area contributed by atoms with Gasteiger partial charge in [-0.15, -0.1) is 0 Å². The molecule has 5 heteroatoms. The lowest BCUT2D eigenvalue weighted by Gasteiger charge is -2.14. The van der Waals surface area contributed by atoms with E-state index in [1.54, 1.807) is 0 Å². The van der Waals surface area contributed by atoms with E-state index >= 15 is 0 Å². The second kappa shape index (κ2) is 9.85. The average Bonchev–Trinajstić information content (AvgIpc) is 2.30. The molecule has 18 heavy (non-hydrogen) atoms. The Balaban J connectivity index is 3.59. The Kier molecular flexibility index (Phi) is 9.24. The molecule has 1 atom stereocenters. The van der Waals surface area contributed by atoms with E-state index in [0.717, 1.165) is 12.8 Å². The molecule has 0 rings (SSSR count). The number of nitrogens with zero attached hydrogens (tertiary/aromatic N) is 1. The summed E-state index contributed by atoms with van der Waals surface area (Å²) < 4.78 is 13.3. The summed E-state index contributed by atoms with van der Waals surface area (Å²) in [7, 11) is 1.47. The molecule has 0 spiro atoms. The fraction of sp³-hybridized carbons (Fsp3) is 0.846. The predicted molar refractivity (Wildman–Crippen MR) is 68.2 cm³/mol. The Hall–Kier alpha value is -1.13. The fourth-order valence-corrected chi connectivity index (χ4v) is 1.69. The largest absolute Gasteiger partial charge is 0.480 e. The first-order valence-corrected chi connectivity index (χ1v) is 6.57. The number of aliphatic carboxylic acids is 1. The topological polar surface area (TPSA) is 57.6 Å². The Morgan fingerprint density at radius 3 is 2.39 bits per heavy atom. The van der Waals surface area contributed by atoms with Crippen LogP contribution < -0.4 is 0 Å². The second-order valence-corrected chi connectivity index (χ2v) is 4.63. The number of carboxylic acids is 1. The van der Waals surface area contributed by atoms with Crippen LogP contribution in [0.25, 0.3) is 0 Å². The standard InChI is InChI=1S/C13H24FNO3/c1-3-4-7-11(14)8-5-6-9-12(16)15(2)10-13(17)18/h11H,3-10H2,1-2H3,(H,17,18). The Morgan fingerprint density at radius 2 is 1.83 bits per heavy atom. The summed E-state index contributed by atoms with van der Waals surface area (Å²) in [6.45, 7) is 1.75. The van der Waals surface area contributed by atoms with Gasteiger partial charge in [0, 0.05) is 13.5 Å². The number of alkyl halides is 1. The van der Waals surface area contributed by atoms with Gasteiger partial charge in [-0.3, -0.25) is 9.59 Å². The lowest BCUT2D eigenvalue weighted by Crippen LogP contribution is -2.31. The molecule has 0 aromatic rings. The third-order valence-corrected chi connectivity index (χ3v) is 2.83. The maximum absolute atomic E-state index is 13.3. The summed E-state index contributed by atoms with van der Waals surface area (Å²) in [5.41, 5.74) is 0. The summed E-state index contributed by atoms with van der Waals surface area (Å²) in [4.78, 5) is 23.0. The number of hydrogen-bond donors (Lipinski definition) is 1. The summed E-state index contributed by atoms with van der Waals surface area (Å²) in [6, 6.07) is 0. The van der Waals surface area contributed by atoms with Crippen molar-refractivity contribution in [1.82, 2.24) is 4.90 Å². The van der Waals surface area contributed by atoms with E-state index in [1.165, 1.54) is 11.9 Å². The minimum Gasteiger partial charge on any atom is -0.480 e. The van der Waals surface area contributed by atoms with E-state index in [2.05, 4.69) is 0 Å². The van der Waals surface area contributed by atoms with Gasteiger partial charge in [-0.05, 0) is 19.3 Å². The minimum atomic E-state index is -1.02. The van der Waals surface area contributed by atoms with Gasteiger partial charge in [0.25, 0.3) is 0 Å². The van der Waals surface area contributed by atoms with Crippen LogP contribution >= 0.6 is 0 Å². The zero-order valence-corrected chi connectivity index (χ0v) is 11.3. The van der Waals surface area contributed by atoms with Crippen LogP contribution in [0.2, 0.25) is 0 Å². The summed E-state index contributed by atoms with van der Waals surface area (Å²) >= 11 is 0. The van der Waals surface area contributed by atoms with E-state index in [0.29, 0.717) is 32.1 Å². The highest BCUT2D eigenvalue weighted by atomic mass is 19.1. The zero-order valence-electron chi connectivity index (χ0n) is 11.3. The Bertz CT molecular complexity index is 259. The molecule has 0 aliphatic heterocycles. The third-order valence-electron chi connectivity index (χ3n) is 2.83. The average molecular weight is 261 g/mol. The number of halogens is 1. The SMILES string of the molecule is CCCCC(F)CCCCC(=O)N(C)CC(=O)O. The number of hydrogen-bond acceptors (Lipinski definition) is 2. The van der Waals surface area contributed by atoms with Crippen molar-refractivity contribution in [1.29, 1.82) is 0 Å². The number of carbonyl (C=O) groups excluding carboxylic acids is 1. The van der Waals surface area contributed by atoms with Gasteiger partial charge in [0.05, 0.1) is 0 Å². The van der Waals surface area contributed by atoms with Crippen LogP contribution in [0.15, 0.2) is 0 Å². The molecule has 0 aromatic carbocycles. The lowest BCUT2D eigenvalue weighted by atomic mass is 10.1. The quantitative estimate of drug-likeness (QED) is 0.615. The van der Waals surface area contributed by atoms with E-state index in [4.69, 9.17) is 5.11 Å². The molecule has 1 N–H and O–H groups in total. The molecule has 4 nitrogen and oxygen atoms in total. The number of unbranched alkanes of at least 4 members (excludes halogenated alkanes) is 2. The highest BCUT2D eigenvalue weighted by Gasteiger charge is 2.12. The van der Waals surface area contributed by atoms with Gasteiger partial charge >= 0.3 is 5.97 Å². The molecule has 0 saturated carbocycles. The predicted octanol–water partition coefficient (Wildman–Crippen LogP) is 2.62. The van der Waals surface area contributed by atoms with Crippen LogP contribution in [0, 0.1) is 0 Å². The molecule has 0 aliphatic rings. The van der Waals surface area contributed by atoms with Gasteiger partial charge in [0.2, 0.25) is 5.91 Å². The van der Waals surface area contributed by atoms with Gasteiger partial charge < -0.3 is 10.0 Å². The second-order valence-electron chi connectivity index (χ2n) is 4.63. The van der Waals surface area contributed by atoms with Crippen LogP contribution in [0.3, 0.4) is 0 Å². The number of carboxylic acid groups (broad SMARTS) is 1. The van der Waals surface area contributed by atoms with Gasteiger partial charge in [-0.2, -0.15) is 0 Å². The molecule has 0 radical (unpaired) electrons. The molecule has 0 aliphatic carbocycles. The minimum absolute atomic E-state index is 0.193. The molecule has 0 bridgehead atoms. The van der Waals surface area contributed by atoms with Gasteiger partial charge in [-0.25, -0.2) is 4.39 Å². The summed E-state index contributed by atoms with van der Waals surface area (Å²) in [5.74, 6) is -1.21. The molecule has 0 saturated heterocycles. The van der Waals surface area contributed by atoms with Crippen LogP contribution in [0.4, 0.5) is 4.39 Å². The molecule has 1 amide bonds. The third kappa shape index (κ3) is 8.96. The van der Waals surface area contributed by atoms with E-state index < -0.39 is 12.1 Å². The maximum atomic E-state index is 13.3. The zero-order chi connectivity index (χ0) is 14.0. The van der Waals surface area contributed by atoms with E-state index in [-0.39, 0.29) is 12.5 Å². The van der Waals surface area contributed by atoms with Crippen LogP contribution in [0.5, 0.6) is 0 Å². The van der Waals surface area contributed by atoms with Crippen molar-refractivity contribution in [2.75, 3.05) is 13.6 Å². The van der Waals surface area contributed by atoms with Crippen molar-refractivity contribution in [3.8, 4) is 0 Å². The van der Waals surface area contributed by atoms with Crippen LogP contribution in [0.1, 0.15) is 51.9 Å². The van der Waals surface area contributed by atoms with Crippen molar-refractivity contribution in [2.45, 2.75) is 58.0 Å². The van der Waals surface area contributed by atoms with Gasteiger partial charge in [0.1, 0.15) is 12.7 Å². The number of amides is 1. The Labute approximate surface area is 108 Å². The molecule has 106 valence electrons. The van der Waals surface area contributed by atoms with Crippen molar-refractivity contribution >= 4 is 11.9 Å². The van der Waals surface area contributed by atoms with E-state index in [1.807, 2.05) is 6.92 Å². The van der Waals surface area contributed by atoms with Crippen molar-refractivity contribution < 1.29 is 19.1 Å². The van der Waals surface area contributed by atoms with Crippen molar-refractivity contribution in [3.05, 3.63) is 0 Å². The first-order chi connectivity index (χ1) is 8.47. The van der Waals surface area contributed by atoms with Gasteiger partial charge in [-0.1, -0.05) is 26.2 Å². The number of carbonyl (C=O) groups is 2. The maximum Gasteiger partial charge on any atom is 0.323 e. The molecular weight excluding hydrogens is 237 g/mol. The molecular formula is C13H24FNO3. The lowest BCUT2D eigenvalue weighted by molar-refractivity contribution is -0.143. The summed E-state index contributed by atoms with van der Waals surface area (Å²) in [6.07, 6.45) is 3.83. The monoisotopic (exact) mass is 261 g/mol. The first kappa shape index (κ1) is 16.9.